The second kappa shape index (κ2) is 3.94. The van der Waals surface area contributed by atoms with Crippen molar-refractivity contribution in [1.82, 2.24) is 0 Å². The van der Waals surface area contributed by atoms with E-state index in [0.29, 0.717) is 17.8 Å². The van der Waals surface area contributed by atoms with E-state index in [2.05, 4.69) is 9.47 Å². The molecule has 0 aromatic heterocycles. The molecular formula is C15H9F2NO3. The van der Waals surface area contributed by atoms with E-state index in [-0.39, 0.29) is 17.4 Å². The fourth-order valence-electron chi connectivity index (χ4n) is 2.57. The first-order chi connectivity index (χ1) is 10.0. The lowest BCUT2D eigenvalue weighted by Crippen LogP contribution is -2.26. The van der Waals surface area contributed by atoms with Gasteiger partial charge in [-0.3, -0.25) is 4.79 Å². The molecule has 0 unspecified atom stereocenters. The second-order valence-corrected chi connectivity index (χ2v) is 4.85. The number of benzene rings is 2. The minimum absolute atomic E-state index is 0.0343. The lowest BCUT2D eigenvalue weighted by Gasteiger charge is -2.15. The van der Waals surface area contributed by atoms with Gasteiger partial charge in [-0.05, 0) is 23.8 Å². The summed E-state index contributed by atoms with van der Waals surface area (Å²) in [6, 6.07) is 11.6. The Morgan fingerprint density at radius 1 is 1.05 bits per heavy atom. The zero-order valence-electron chi connectivity index (χ0n) is 10.7. The van der Waals surface area contributed by atoms with Gasteiger partial charge in [-0.2, -0.15) is 0 Å². The molecule has 0 bridgehead atoms. The molecule has 2 aliphatic heterocycles. The molecule has 4 rings (SSSR count). The zero-order chi connectivity index (χ0) is 14.6. The first-order valence-corrected chi connectivity index (χ1v) is 6.33. The molecule has 0 spiro atoms. The number of carbonyl (C=O) groups is 1. The number of fused-ring (bicyclic) bond motifs is 2. The second-order valence-electron chi connectivity index (χ2n) is 4.85. The number of amides is 1. The number of nitrogens with zero attached hydrogens (tertiary/aromatic N) is 1. The van der Waals surface area contributed by atoms with Crippen molar-refractivity contribution in [2.24, 2.45) is 0 Å². The van der Waals surface area contributed by atoms with E-state index in [4.69, 9.17) is 0 Å². The van der Waals surface area contributed by atoms with E-state index < -0.39 is 6.29 Å². The average Bonchev–Trinajstić information content (AvgIpc) is 2.94. The highest BCUT2D eigenvalue weighted by Crippen LogP contribution is 2.43. The van der Waals surface area contributed by atoms with Gasteiger partial charge in [-0.15, -0.1) is 8.78 Å². The molecular weight excluding hydrogens is 280 g/mol. The molecule has 2 aromatic carbocycles. The van der Waals surface area contributed by atoms with Crippen LogP contribution in [0.5, 0.6) is 11.5 Å². The predicted octanol–water partition coefficient (Wildman–Crippen LogP) is 3.17. The number of alkyl halides is 2. The molecule has 6 heteroatoms. The van der Waals surface area contributed by atoms with Gasteiger partial charge in [0, 0.05) is 17.3 Å². The number of hydrogen-bond acceptors (Lipinski definition) is 3. The van der Waals surface area contributed by atoms with E-state index in [1.165, 1.54) is 17.0 Å². The van der Waals surface area contributed by atoms with Crippen LogP contribution in [0.15, 0.2) is 42.5 Å². The molecule has 21 heavy (non-hydrogen) atoms. The van der Waals surface area contributed by atoms with Crippen molar-refractivity contribution < 1.29 is 23.0 Å². The van der Waals surface area contributed by atoms with Crippen molar-refractivity contribution in [2.45, 2.75) is 12.8 Å². The van der Waals surface area contributed by atoms with Gasteiger partial charge in [0.1, 0.15) is 0 Å². The van der Waals surface area contributed by atoms with Crippen LogP contribution in [0.4, 0.5) is 14.5 Å². The van der Waals surface area contributed by atoms with Crippen LogP contribution in [0.2, 0.25) is 0 Å². The topological polar surface area (TPSA) is 38.8 Å². The molecule has 1 amide bonds. The van der Waals surface area contributed by atoms with Gasteiger partial charge in [0.15, 0.2) is 11.5 Å². The summed E-state index contributed by atoms with van der Waals surface area (Å²) in [7, 11) is 0. The van der Waals surface area contributed by atoms with Gasteiger partial charge in [0.2, 0.25) is 0 Å². The Balaban J connectivity index is 1.70. The number of halogens is 2. The number of anilines is 1. The molecule has 0 aliphatic carbocycles. The summed E-state index contributed by atoms with van der Waals surface area (Å²) in [4.78, 5) is 13.8. The maximum absolute atomic E-state index is 13.0. The Kier molecular flexibility index (Phi) is 2.28. The van der Waals surface area contributed by atoms with E-state index in [0.717, 1.165) is 5.56 Å². The van der Waals surface area contributed by atoms with Gasteiger partial charge in [0.25, 0.3) is 5.91 Å². The van der Waals surface area contributed by atoms with Crippen LogP contribution < -0.4 is 14.4 Å². The third kappa shape index (κ3) is 1.83. The van der Waals surface area contributed by atoms with Gasteiger partial charge in [0.05, 0.1) is 6.54 Å². The minimum atomic E-state index is -3.65. The Hall–Kier alpha value is -2.63. The predicted molar refractivity (Wildman–Crippen MR) is 69.6 cm³/mol. The molecule has 4 nitrogen and oxygen atoms in total. The highest BCUT2D eigenvalue weighted by atomic mass is 19.3. The highest BCUT2D eigenvalue weighted by molar-refractivity contribution is 6.10. The van der Waals surface area contributed by atoms with Crippen LogP contribution in [0.1, 0.15) is 15.9 Å². The molecule has 0 radical (unpaired) electrons. The van der Waals surface area contributed by atoms with Crippen LogP contribution in [-0.4, -0.2) is 12.2 Å². The Morgan fingerprint density at radius 3 is 2.62 bits per heavy atom. The van der Waals surface area contributed by atoms with Gasteiger partial charge in [-0.25, -0.2) is 0 Å². The van der Waals surface area contributed by atoms with Crippen molar-refractivity contribution in [1.29, 1.82) is 0 Å². The average molecular weight is 289 g/mol. The smallest absolute Gasteiger partial charge is 0.395 e. The summed E-state index contributed by atoms with van der Waals surface area (Å²) >= 11 is 0. The molecule has 0 fully saturated rings. The molecule has 0 atom stereocenters. The summed E-state index contributed by atoms with van der Waals surface area (Å²) in [6.07, 6.45) is -3.65. The summed E-state index contributed by atoms with van der Waals surface area (Å²) in [5.74, 6) is -0.259. The summed E-state index contributed by atoms with van der Waals surface area (Å²) in [6.45, 7) is 0.408. The normalized spacial score (nSPS) is 18.0. The van der Waals surface area contributed by atoms with E-state index in [1.54, 1.807) is 18.2 Å². The molecule has 2 aliphatic rings. The summed E-state index contributed by atoms with van der Waals surface area (Å²) in [5, 5.41) is 0. The number of ether oxygens (including phenoxy) is 2. The Bertz CT molecular complexity index is 760. The van der Waals surface area contributed by atoms with Gasteiger partial charge >= 0.3 is 6.29 Å². The maximum Gasteiger partial charge on any atom is 0.586 e. The first-order valence-electron chi connectivity index (χ1n) is 6.33. The van der Waals surface area contributed by atoms with Crippen LogP contribution in [0.25, 0.3) is 0 Å². The van der Waals surface area contributed by atoms with Crippen LogP contribution >= 0.6 is 0 Å². The number of carbonyl (C=O) groups excluding carboxylic acids is 1. The number of rotatable bonds is 1. The van der Waals surface area contributed by atoms with Gasteiger partial charge < -0.3 is 14.4 Å². The lowest BCUT2D eigenvalue weighted by atomic mass is 10.1. The van der Waals surface area contributed by atoms with Crippen molar-refractivity contribution in [3.63, 3.8) is 0 Å². The highest BCUT2D eigenvalue weighted by Gasteiger charge is 2.43. The van der Waals surface area contributed by atoms with Gasteiger partial charge in [-0.1, -0.05) is 18.2 Å². The summed E-state index contributed by atoms with van der Waals surface area (Å²) in [5.41, 5.74) is 2.03. The van der Waals surface area contributed by atoms with Crippen LogP contribution in [0, 0.1) is 0 Å². The van der Waals surface area contributed by atoms with Crippen molar-refractivity contribution in [2.75, 3.05) is 4.90 Å². The molecule has 0 saturated heterocycles. The van der Waals surface area contributed by atoms with E-state index in [1.807, 2.05) is 12.1 Å². The fourth-order valence-corrected chi connectivity index (χ4v) is 2.57. The third-order valence-electron chi connectivity index (χ3n) is 3.52. The molecule has 0 saturated carbocycles. The van der Waals surface area contributed by atoms with Crippen molar-refractivity contribution >= 4 is 11.6 Å². The largest absolute Gasteiger partial charge is 0.586 e. The Morgan fingerprint density at radius 2 is 1.81 bits per heavy atom. The lowest BCUT2D eigenvalue weighted by molar-refractivity contribution is -0.286. The standard InChI is InChI=1S/C15H9F2NO3/c16-15(17)20-12-6-5-10(7-13(12)21-15)18-8-9-3-1-2-4-11(9)14(18)19/h1-7H,8H2. The summed E-state index contributed by atoms with van der Waals surface area (Å²) < 4.78 is 34.8. The minimum Gasteiger partial charge on any atom is -0.395 e. The number of hydrogen-bond donors (Lipinski definition) is 0. The quantitative estimate of drug-likeness (QED) is 0.809. The Labute approximate surface area is 118 Å². The van der Waals surface area contributed by atoms with Crippen LogP contribution in [0.3, 0.4) is 0 Å². The maximum atomic E-state index is 13.0. The molecule has 106 valence electrons. The van der Waals surface area contributed by atoms with E-state index in [9.17, 15) is 13.6 Å². The SMILES string of the molecule is O=C1c2ccccc2CN1c1ccc2c(c1)OC(F)(F)O2. The zero-order valence-corrected chi connectivity index (χ0v) is 10.7. The fraction of sp³-hybridized carbons (Fsp3) is 0.133. The molecule has 2 heterocycles. The molecule has 2 aromatic rings. The third-order valence-corrected chi connectivity index (χ3v) is 3.52. The first kappa shape index (κ1) is 12.1. The van der Waals surface area contributed by atoms with Crippen LogP contribution in [-0.2, 0) is 6.54 Å². The molecule has 0 N–H and O–H groups in total. The monoisotopic (exact) mass is 289 g/mol. The van der Waals surface area contributed by atoms with Crippen molar-refractivity contribution in [3.05, 3.63) is 53.6 Å². The van der Waals surface area contributed by atoms with Crippen molar-refractivity contribution in [3.8, 4) is 11.5 Å². The van der Waals surface area contributed by atoms with E-state index >= 15 is 0 Å².